The molecule has 2 aromatic rings. The molecule has 0 saturated carbocycles. The standard InChI is InChI=1S/C13H17N5O/c1-9-4-5-10(6-15-9)7-16-13-11(19-3)12(14-2)17-8-18-13/h4-6,8H,7H2,1-3H3,(H2,14,16,17,18). The van der Waals surface area contributed by atoms with Gasteiger partial charge in [-0.15, -0.1) is 0 Å². The van der Waals surface area contributed by atoms with Gasteiger partial charge in [-0.2, -0.15) is 0 Å². The third kappa shape index (κ3) is 3.09. The summed E-state index contributed by atoms with van der Waals surface area (Å²) in [6.45, 7) is 2.59. The molecular weight excluding hydrogens is 242 g/mol. The summed E-state index contributed by atoms with van der Waals surface area (Å²) in [6.07, 6.45) is 3.33. The number of methoxy groups -OCH3 is 1. The van der Waals surface area contributed by atoms with Crippen molar-refractivity contribution in [1.29, 1.82) is 0 Å². The fourth-order valence-electron chi connectivity index (χ4n) is 1.66. The molecule has 0 aliphatic rings. The van der Waals surface area contributed by atoms with Gasteiger partial charge in [-0.1, -0.05) is 6.07 Å². The first-order valence-corrected chi connectivity index (χ1v) is 5.96. The molecule has 19 heavy (non-hydrogen) atoms. The lowest BCUT2D eigenvalue weighted by Gasteiger charge is -2.12. The second-order valence-electron chi connectivity index (χ2n) is 4.02. The van der Waals surface area contributed by atoms with Crippen LogP contribution in [0.2, 0.25) is 0 Å². The molecule has 0 spiro atoms. The van der Waals surface area contributed by atoms with Gasteiger partial charge in [-0.05, 0) is 18.6 Å². The van der Waals surface area contributed by atoms with E-state index in [0.29, 0.717) is 23.9 Å². The highest BCUT2D eigenvalue weighted by Crippen LogP contribution is 2.28. The summed E-state index contributed by atoms with van der Waals surface area (Å²) in [6, 6.07) is 4.01. The fourth-order valence-corrected chi connectivity index (χ4v) is 1.66. The summed E-state index contributed by atoms with van der Waals surface area (Å²) < 4.78 is 5.31. The molecule has 0 atom stereocenters. The van der Waals surface area contributed by atoms with Crippen LogP contribution in [-0.2, 0) is 6.54 Å². The Morgan fingerprint density at radius 1 is 1.16 bits per heavy atom. The molecule has 0 amide bonds. The van der Waals surface area contributed by atoms with Crippen LogP contribution in [0.5, 0.6) is 5.75 Å². The summed E-state index contributed by atoms with van der Waals surface area (Å²) in [4.78, 5) is 12.5. The molecule has 0 unspecified atom stereocenters. The number of hydrogen-bond donors (Lipinski definition) is 2. The van der Waals surface area contributed by atoms with Crippen LogP contribution >= 0.6 is 0 Å². The first-order chi connectivity index (χ1) is 9.24. The Morgan fingerprint density at radius 3 is 2.58 bits per heavy atom. The van der Waals surface area contributed by atoms with Crippen molar-refractivity contribution in [1.82, 2.24) is 15.0 Å². The quantitative estimate of drug-likeness (QED) is 0.853. The van der Waals surface area contributed by atoms with Crippen molar-refractivity contribution in [3.8, 4) is 5.75 Å². The molecule has 2 aromatic heterocycles. The highest BCUT2D eigenvalue weighted by atomic mass is 16.5. The number of aromatic nitrogens is 3. The summed E-state index contributed by atoms with van der Waals surface area (Å²) in [5.74, 6) is 1.91. The Hall–Kier alpha value is -2.37. The van der Waals surface area contributed by atoms with Gasteiger partial charge in [-0.25, -0.2) is 9.97 Å². The number of hydrogen-bond acceptors (Lipinski definition) is 6. The maximum absolute atomic E-state index is 5.31. The van der Waals surface area contributed by atoms with Gasteiger partial charge in [0.15, 0.2) is 11.6 Å². The van der Waals surface area contributed by atoms with Crippen molar-refractivity contribution >= 4 is 11.6 Å². The monoisotopic (exact) mass is 259 g/mol. The lowest BCUT2D eigenvalue weighted by molar-refractivity contribution is 0.415. The number of nitrogens with zero attached hydrogens (tertiary/aromatic N) is 3. The van der Waals surface area contributed by atoms with Crippen LogP contribution in [0.1, 0.15) is 11.3 Å². The van der Waals surface area contributed by atoms with Gasteiger partial charge >= 0.3 is 0 Å². The zero-order valence-electron chi connectivity index (χ0n) is 11.3. The highest BCUT2D eigenvalue weighted by molar-refractivity contribution is 5.63. The predicted molar refractivity (Wildman–Crippen MR) is 74.4 cm³/mol. The molecule has 0 saturated heterocycles. The predicted octanol–water partition coefficient (Wildman–Crippen LogP) is 1.84. The molecule has 100 valence electrons. The Morgan fingerprint density at radius 2 is 1.95 bits per heavy atom. The first-order valence-electron chi connectivity index (χ1n) is 5.96. The molecule has 0 fully saturated rings. The molecule has 0 radical (unpaired) electrons. The molecule has 2 rings (SSSR count). The van der Waals surface area contributed by atoms with E-state index in [2.05, 4.69) is 25.6 Å². The third-order valence-corrected chi connectivity index (χ3v) is 2.68. The maximum Gasteiger partial charge on any atom is 0.204 e. The van der Waals surface area contributed by atoms with Gasteiger partial charge in [0.1, 0.15) is 6.33 Å². The smallest absolute Gasteiger partial charge is 0.204 e. The normalized spacial score (nSPS) is 10.1. The molecule has 0 aliphatic carbocycles. The fraction of sp³-hybridized carbons (Fsp3) is 0.308. The first kappa shape index (κ1) is 13.1. The van der Waals surface area contributed by atoms with E-state index in [1.165, 1.54) is 6.33 Å². The van der Waals surface area contributed by atoms with Gasteiger partial charge in [0.2, 0.25) is 5.75 Å². The van der Waals surface area contributed by atoms with Crippen molar-refractivity contribution < 1.29 is 4.74 Å². The second kappa shape index (κ2) is 5.99. The number of aryl methyl sites for hydroxylation is 1. The minimum atomic E-state index is 0.602. The van der Waals surface area contributed by atoms with Crippen molar-refractivity contribution in [3.63, 3.8) is 0 Å². The van der Waals surface area contributed by atoms with E-state index in [-0.39, 0.29) is 0 Å². The summed E-state index contributed by atoms with van der Waals surface area (Å²) in [5.41, 5.74) is 2.08. The van der Waals surface area contributed by atoms with Crippen molar-refractivity contribution in [2.75, 3.05) is 24.8 Å². The van der Waals surface area contributed by atoms with E-state index < -0.39 is 0 Å². The largest absolute Gasteiger partial charge is 0.490 e. The summed E-state index contributed by atoms with van der Waals surface area (Å²) in [7, 11) is 3.39. The van der Waals surface area contributed by atoms with Crippen LogP contribution in [0.3, 0.4) is 0 Å². The van der Waals surface area contributed by atoms with Gasteiger partial charge in [-0.3, -0.25) is 4.98 Å². The van der Waals surface area contributed by atoms with E-state index in [9.17, 15) is 0 Å². The van der Waals surface area contributed by atoms with Crippen LogP contribution in [0.15, 0.2) is 24.7 Å². The number of nitrogens with one attached hydrogen (secondary N) is 2. The van der Waals surface area contributed by atoms with Crippen LogP contribution in [0.25, 0.3) is 0 Å². The van der Waals surface area contributed by atoms with Crippen LogP contribution in [0, 0.1) is 6.92 Å². The lowest BCUT2D eigenvalue weighted by atomic mass is 10.2. The molecular formula is C13H17N5O. The highest BCUT2D eigenvalue weighted by Gasteiger charge is 2.10. The Balaban J connectivity index is 2.13. The Labute approximate surface area is 112 Å². The number of rotatable bonds is 5. The minimum absolute atomic E-state index is 0.602. The molecule has 0 bridgehead atoms. The molecule has 6 heteroatoms. The number of pyridine rings is 1. The molecule has 2 heterocycles. The van der Waals surface area contributed by atoms with Gasteiger partial charge in [0.05, 0.1) is 7.11 Å². The van der Waals surface area contributed by atoms with Crippen LogP contribution in [-0.4, -0.2) is 29.1 Å². The zero-order chi connectivity index (χ0) is 13.7. The van der Waals surface area contributed by atoms with Crippen molar-refractivity contribution in [3.05, 3.63) is 35.9 Å². The van der Waals surface area contributed by atoms with E-state index in [0.717, 1.165) is 11.3 Å². The van der Waals surface area contributed by atoms with Gasteiger partial charge in [0, 0.05) is 25.5 Å². The number of anilines is 2. The number of ether oxygens (including phenoxy) is 1. The minimum Gasteiger partial charge on any atom is -0.490 e. The van der Waals surface area contributed by atoms with E-state index in [4.69, 9.17) is 4.74 Å². The molecule has 0 aliphatic heterocycles. The van der Waals surface area contributed by atoms with E-state index in [1.807, 2.05) is 25.3 Å². The van der Waals surface area contributed by atoms with Crippen molar-refractivity contribution in [2.24, 2.45) is 0 Å². The average Bonchev–Trinajstić information content (AvgIpc) is 2.46. The maximum atomic E-state index is 5.31. The molecule has 2 N–H and O–H groups in total. The summed E-state index contributed by atoms with van der Waals surface area (Å²) >= 11 is 0. The van der Waals surface area contributed by atoms with Gasteiger partial charge < -0.3 is 15.4 Å². The second-order valence-corrected chi connectivity index (χ2v) is 4.02. The topological polar surface area (TPSA) is 72.0 Å². The van der Waals surface area contributed by atoms with E-state index >= 15 is 0 Å². The van der Waals surface area contributed by atoms with Crippen LogP contribution < -0.4 is 15.4 Å². The Bertz CT molecular complexity index is 541. The van der Waals surface area contributed by atoms with Gasteiger partial charge in [0.25, 0.3) is 0 Å². The zero-order valence-corrected chi connectivity index (χ0v) is 11.3. The average molecular weight is 259 g/mol. The Kier molecular flexibility index (Phi) is 4.12. The van der Waals surface area contributed by atoms with Crippen molar-refractivity contribution in [2.45, 2.75) is 13.5 Å². The molecule has 6 nitrogen and oxygen atoms in total. The lowest BCUT2D eigenvalue weighted by Crippen LogP contribution is -2.06. The third-order valence-electron chi connectivity index (χ3n) is 2.68. The SMILES string of the molecule is CNc1ncnc(NCc2ccc(C)nc2)c1OC. The summed E-state index contributed by atoms with van der Waals surface area (Å²) in [5, 5.41) is 6.18. The molecule has 0 aromatic carbocycles. The van der Waals surface area contributed by atoms with Crippen LogP contribution in [0.4, 0.5) is 11.6 Å². The van der Waals surface area contributed by atoms with E-state index in [1.54, 1.807) is 14.2 Å².